The first kappa shape index (κ1) is 12.3. The van der Waals surface area contributed by atoms with Crippen molar-refractivity contribution in [1.82, 2.24) is 4.90 Å². The lowest BCUT2D eigenvalue weighted by atomic mass is 10.0. The van der Waals surface area contributed by atoms with E-state index in [1.807, 2.05) is 0 Å². The number of rotatable bonds is 5. The molecule has 0 aromatic rings. The van der Waals surface area contributed by atoms with Crippen LogP contribution in [0, 0.1) is 5.92 Å². The molecule has 94 valence electrons. The normalized spacial score (nSPS) is 33.4. The van der Waals surface area contributed by atoms with Gasteiger partial charge in [-0.3, -0.25) is 4.90 Å². The molecule has 0 amide bonds. The third-order valence-corrected chi connectivity index (χ3v) is 4.12. The summed E-state index contributed by atoms with van der Waals surface area (Å²) in [4.78, 5) is 2.58. The Morgan fingerprint density at radius 3 is 2.94 bits per heavy atom. The van der Waals surface area contributed by atoms with Gasteiger partial charge in [0, 0.05) is 25.7 Å². The van der Waals surface area contributed by atoms with Crippen molar-refractivity contribution in [3.63, 3.8) is 0 Å². The highest BCUT2D eigenvalue weighted by atomic mass is 16.5. The summed E-state index contributed by atoms with van der Waals surface area (Å²) in [5.74, 6) is 0.903. The van der Waals surface area contributed by atoms with Crippen LogP contribution in [0.25, 0.3) is 0 Å². The second-order valence-electron chi connectivity index (χ2n) is 5.29. The van der Waals surface area contributed by atoms with Gasteiger partial charge in [0.25, 0.3) is 0 Å². The average molecular weight is 226 g/mol. The molecule has 2 heterocycles. The molecule has 3 heteroatoms. The highest BCUT2D eigenvalue weighted by Gasteiger charge is 2.33. The van der Waals surface area contributed by atoms with Crippen LogP contribution < -0.4 is 5.73 Å². The minimum Gasteiger partial charge on any atom is -0.377 e. The van der Waals surface area contributed by atoms with E-state index < -0.39 is 0 Å². The average Bonchev–Trinajstić information content (AvgIpc) is 2.92. The summed E-state index contributed by atoms with van der Waals surface area (Å²) in [5.41, 5.74) is 5.93. The molecule has 2 aliphatic heterocycles. The molecule has 0 aromatic heterocycles. The molecule has 16 heavy (non-hydrogen) atoms. The Labute approximate surface area is 99.3 Å². The quantitative estimate of drug-likeness (QED) is 0.774. The Morgan fingerprint density at radius 2 is 2.31 bits per heavy atom. The van der Waals surface area contributed by atoms with E-state index in [4.69, 9.17) is 10.5 Å². The molecular weight excluding hydrogens is 200 g/mol. The van der Waals surface area contributed by atoms with Crippen LogP contribution in [0.2, 0.25) is 0 Å². The Kier molecular flexibility index (Phi) is 4.62. The number of ether oxygens (including phenoxy) is 1. The first-order valence-electron chi connectivity index (χ1n) is 6.90. The largest absolute Gasteiger partial charge is 0.377 e. The van der Waals surface area contributed by atoms with Gasteiger partial charge in [-0.25, -0.2) is 0 Å². The monoisotopic (exact) mass is 226 g/mol. The molecule has 0 aromatic carbocycles. The van der Waals surface area contributed by atoms with Crippen molar-refractivity contribution >= 4 is 0 Å². The van der Waals surface area contributed by atoms with Crippen LogP contribution in [0.5, 0.6) is 0 Å². The molecule has 2 N–H and O–H groups in total. The van der Waals surface area contributed by atoms with E-state index in [1.54, 1.807) is 0 Å². The molecule has 3 nitrogen and oxygen atoms in total. The Balaban J connectivity index is 1.85. The fourth-order valence-corrected chi connectivity index (χ4v) is 3.25. The van der Waals surface area contributed by atoms with E-state index in [2.05, 4.69) is 11.8 Å². The Morgan fingerprint density at radius 1 is 1.44 bits per heavy atom. The molecule has 2 aliphatic rings. The number of hydrogen-bond donors (Lipinski definition) is 1. The summed E-state index contributed by atoms with van der Waals surface area (Å²) < 4.78 is 5.79. The third-order valence-electron chi connectivity index (χ3n) is 4.12. The SMILES string of the molecule is CCCC1CCN(C(CN)C2CCCO2)C1. The molecular formula is C13H26N2O. The van der Waals surface area contributed by atoms with Gasteiger partial charge in [-0.15, -0.1) is 0 Å². The molecule has 0 bridgehead atoms. The van der Waals surface area contributed by atoms with E-state index in [9.17, 15) is 0 Å². The fraction of sp³-hybridized carbons (Fsp3) is 1.00. The van der Waals surface area contributed by atoms with Gasteiger partial charge in [0.1, 0.15) is 0 Å². The van der Waals surface area contributed by atoms with Crippen LogP contribution >= 0.6 is 0 Å². The maximum Gasteiger partial charge on any atom is 0.0743 e. The summed E-state index contributed by atoms with van der Waals surface area (Å²) in [6, 6.07) is 0.476. The molecule has 3 unspecified atom stereocenters. The van der Waals surface area contributed by atoms with Crippen molar-refractivity contribution in [2.24, 2.45) is 11.7 Å². The van der Waals surface area contributed by atoms with Crippen molar-refractivity contribution in [3.8, 4) is 0 Å². The van der Waals surface area contributed by atoms with Gasteiger partial charge in [-0.1, -0.05) is 13.3 Å². The predicted molar refractivity (Wildman–Crippen MR) is 66.4 cm³/mol. The van der Waals surface area contributed by atoms with Crippen LogP contribution in [-0.2, 0) is 4.74 Å². The predicted octanol–water partition coefficient (Wildman–Crippen LogP) is 1.61. The summed E-state index contributed by atoms with van der Waals surface area (Å²) in [6.07, 6.45) is 6.87. The molecule has 0 saturated carbocycles. The van der Waals surface area contributed by atoms with Gasteiger partial charge in [-0.05, 0) is 38.1 Å². The smallest absolute Gasteiger partial charge is 0.0743 e. The van der Waals surface area contributed by atoms with E-state index in [1.165, 1.54) is 45.2 Å². The lowest BCUT2D eigenvalue weighted by molar-refractivity contribution is 0.0350. The van der Waals surface area contributed by atoms with Gasteiger partial charge in [0.2, 0.25) is 0 Å². The summed E-state index contributed by atoms with van der Waals surface area (Å²) in [6.45, 7) is 6.45. The number of likely N-dealkylation sites (tertiary alicyclic amines) is 1. The summed E-state index contributed by atoms with van der Waals surface area (Å²) in [5, 5.41) is 0. The van der Waals surface area contributed by atoms with Crippen molar-refractivity contribution in [2.75, 3.05) is 26.2 Å². The van der Waals surface area contributed by atoms with E-state index in [-0.39, 0.29) is 0 Å². The fourth-order valence-electron chi connectivity index (χ4n) is 3.25. The molecule has 2 saturated heterocycles. The van der Waals surface area contributed by atoms with Crippen molar-refractivity contribution in [2.45, 2.75) is 51.2 Å². The van der Waals surface area contributed by atoms with Crippen molar-refractivity contribution < 1.29 is 4.74 Å². The third kappa shape index (κ3) is 2.76. The molecule has 2 rings (SSSR count). The second-order valence-corrected chi connectivity index (χ2v) is 5.29. The number of hydrogen-bond acceptors (Lipinski definition) is 3. The van der Waals surface area contributed by atoms with E-state index in [0.29, 0.717) is 12.1 Å². The van der Waals surface area contributed by atoms with Crippen LogP contribution in [-0.4, -0.2) is 43.3 Å². The van der Waals surface area contributed by atoms with Gasteiger partial charge in [0.05, 0.1) is 6.10 Å². The topological polar surface area (TPSA) is 38.5 Å². The first-order valence-corrected chi connectivity index (χ1v) is 6.90. The first-order chi connectivity index (χ1) is 7.85. The van der Waals surface area contributed by atoms with Crippen molar-refractivity contribution in [1.29, 1.82) is 0 Å². The highest BCUT2D eigenvalue weighted by molar-refractivity contribution is 4.88. The maximum atomic E-state index is 5.93. The lowest BCUT2D eigenvalue weighted by Crippen LogP contribution is -2.47. The molecule has 3 atom stereocenters. The van der Waals surface area contributed by atoms with Crippen LogP contribution in [0.3, 0.4) is 0 Å². The maximum absolute atomic E-state index is 5.93. The van der Waals surface area contributed by atoms with Crippen LogP contribution in [0.1, 0.15) is 39.0 Å². The second kappa shape index (κ2) is 5.99. The van der Waals surface area contributed by atoms with Crippen LogP contribution in [0.15, 0.2) is 0 Å². The summed E-state index contributed by atoms with van der Waals surface area (Å²) in [7, 11) is 0. The zero-order valence-corrected chi connectivity index (χ0v) is 10.5. The molecule has 0 radical (unpaired) electrons. The highest BCUT2D eigenvalue weighted by Crippen LogP contribution is 2.26. The molecule has 2 fully saturated rings. The zero-order valence-electron chi connectivity index (χ0n) is 10.5. The minimum absolute atomic E-state index is 0.408. The zero-order chi connectivity index (χ0) is 11.4. The number of nitrogens with zero attached hydrogens (tertiary/aromatic N) is 1. The number of nitrogens with two attached hydrogens (primary N) is 1. The van der Waals surface area contributed by atoms with E-state index in [0.717, 1.165) is 19.1 Å². The summed E-state index contributed by atoms with van der Waals surface area (Å²) >= 11 is 0. The molecule has 0 aliphatic carbocycles. The van der Waals surface area contributed by atoms with Gasteiger partial charge in [0.15, 0.2) is 0 Å². The van der Waals surface area contributed by atoms with Crippen molar-refractivity contribution in [3.05, 3.63) is 0 Å². The minimum atomic E-state index is 0.408. The lowest BCUT2D eigenvalue weighted by Gasteiger charge is -2.31. The Bertz CT molecular complexity index is 204. The van der Waals surface area contributed by atoms with Gasteiger partial charge in [-0.2, -0.15) is 0 Å². The van der Waals surface area contributed by atoms with E-state index >= 15 is 0 Å². The standard InChI is InChI=1S/C13H26N2O/c1-2-4-11-6-7-15(10-11)12(9-14)13-5-3-8-16-13/h11-13H,2-10,14H2,1H3. The molecule has 0 spiro atoms. The van der Waals surface area contributed by atoms with Crippen LogP contribution in [0.4, 0.5) is 0 Å². The van der Waals surface area contributed by atoms with Gasteiger partial charge < -0.3 is 10.5 Å². The van der Waals surface area contributed by atoms with Gasteiger partial charge >= 0.3 is 0 Å². The Hall–Kier alpha value is -0.120.